The third kappa shape index (κ3) is 2.91. The Balaban J connectivity index is 1.66. The molecule has 0 aliphatic rings. The first-order chi connectivity index (χ1) is 14.6. The summed E-state index contributed by atoms with van der Waals surface area (Å²) in [4.78, 5) is 23.1. The number of aromatic nitrogens is 4. The van der Waals surface area contributed by atoms with Gasteiger partial charge in [-0.2, -0.15) is 0 Å². The van der Waals surface area contributed by atoms with Crippen LogP contribution >= 0.6 is 11.3 Å². The Kier molecular flexibility index (Phi) is 4.44. The molecule has 0 aliphatic heterocycles. The first kappa shape index (κ1) is 18.3. The van der Waals surface area contributed by atoms with E-state index in [9.17, 15) is 4.79 Å². The van der Waals surface area contributed by atoms with E-state index >= 15 is 0 Å². The van der Waals surface area contributed by atoms with Crippen LogP contribution in [0.25, 0.3) is 27.0 Å². The maximum absolute atomic E-state index is 13.3. The van der Waals surface area contributed by atoms with Crippen molar-refractivity contribution in [3.05, 3.63) is 88.4 Å². The lowest BCUT2D eigenvalue weighted by Crippen LogP contribution is -2.20. The smallest absolute Gasteiger partial charge is 0.295 e. The lowest BCUT2D eigenvalue weighted by atomic mass is 10.1. The highest BCUT2D eigenvalue weighted by Crippen LogP contribution is 2.37. The molecule has 1 N–H and O–H groups in total. The van der Waals surface area contributed by atoms with E-state index in [0.717, 1.165) is 32.7 Å². The summed E-state index contributed by atoms with van der Waals surface area (Å²) >= 11 is 1.57. The van der Waals surface area contributed by atoms with E-state index in [2.05, 4.69) is 32.8 Å². The predicted molar refractivity (Wildman–Crippen MR) is 122 cm³/mol. The summed E-state index contributed by atoms with van der Waals surface area (Å²) in [6.45, 7) is 1.92. The van der Waals surface area contributed by atoms with Crippen molar-refractivity contribution in [1.29, 1.82) is 0 Å². The maximum atomic E-state index is 13.3. The molecule has 3 heterocycles. The van der Waals surface area contributed by atoms with Crippen LogP contribution < -0.4 is 10.9 Å². The van der Waals surface area contributed by atoms with Crippen molar-refractivity contribution >= 4 is 33.1 Å². The SMILES string of the molecule is Cc1c(Nc2ncnc3scc(-c4ccccc4)c23)c(=O)n(-c2ccccc2)n1C. The van der Waals surface area contributed by atoms with Gasteiger partial charge in [0.15, 0.2) is 0 Å². The second kappa shape index (κ2) is 7.27. The van der Waals surface area contributed by atoms with Crippen LogP contribution in [0.3, 0.4) is 0 Å². The molecule has 0 amide bonds. The largest absolute Gasteiger partial charge is 0.334 e. The van der Waals surface area contributed by atoms with Crippen molar-refractivity contribution in [2.75, 3.05) is 5.32 Å². The topological polar surface area (TPSA) is 64.7 Å². The van der Waals surface area contributed by atoms with E-state index < -0.39 is 0 Å². The quantitative estimate of drug-likeness (QED) is 0.455. The third-order valence-corrected chi connectivity index (χ3v) is 6.14. The molecule has 0 aliphatic carbocycles. The second-order valence-electron chi connectivity index (χ2n) is 6.98. The first-order valence-corrected chi connectivity index (χ1v) is 10.4. The zero-order valence-corrected chi connectivity index (χ0v) is 17.4. The van der Waals surface area contributed by atoms with Crippen LogP contribution in [-0.2, 0) is 7.05 Å². The number of hydrogen-bond acceptors (Lipinski definition) is 5. The van der Waals surface area contributed by atoms with Gasteiger partial charge in [0.2, 0.25) is 0 Å². The van der Waals surface area contributed by atoms with Crippen LogP contribution in [0.5, 0.6) is 0 Å². The monoisotopic (exact) mass is 413 g/mol. The van der Waals surface area contributed by atoms with Gasteiger partial charge in [0, 0.05) is 18.0 Å². The Morgan fingerprint density at radius 1 is 0.967 bits per heavy atom. The van der Waals surface area contributed by atoms with Gasteiger partial charge in [0.05, 0.1) is 16.8 Å². The maximum Gasteiger partial charge on any atom is 0.295 e. The van der Waals surface area contributed by atoms with E-state index in [0.29, 0.717) is 11.5 Å². The van der Waals surface area contributed by atoms with Gasteiger partial charge in [-0.15, -0.1) is 11.3 Å². The van der Waals surface area contributed by atoms with Gasteiger partial charge in [-0.25, -0.2) is 14.6 Å². The number of rotatable bonds is 4. The van der Waals surface area contributed by atoms with Crippen LogP contribution in [0.1, 0.15) is 5.69 Å². The highest BCUT2D eigenvalue weighted by atomic mass is 32.1. The van der Waals surface area contributed by atoms with E-state index in [1.54, 1.807) is 16.0 Å². The standard InChI is InChI=1S/C23H19N5OS/c1-15-20(23(29)28(27(15)2)17-11-7-4-8-12-17)26-21-19-18(16-9-5-3-6-10-16)13-30-22(19)25-14-24-21/h3-14H,1-2H3,(H,24,25,26). The fourth-order valence-electron chi connectivity index (χ4n) is 3.63. The summed E-state index contributed by atoms with van der Waals surface area (Å²) in [7, 11) is 1.88. The zero-order chi connectivity index (χ0) is 20.7. The van der Waals surface area contributed by atoms with Gasteiger partial charge in [-0.05, 0) is 24.6 Å². The number of para-hydroxylation sites is 1. The fraction of sp³-hybridized carbons (Fsp3) is 0.0870. The molecule has 0 unspecified atom stereocenters. The fourth-order valence-corrected chi connectivity index (χ4v) is 4.55. The highest BCUT2D eigenvalue weighted by Gasteiger charge is 2.19. The molecular formula is C23H19N5OS. The van der Waals surface area contributed by atoms with Gasteiger partial charge in [-0.1, -0.05) is 48.5 Å². The average molecular weight is 414 g/mol. The van der Waals surface area contributed by atoms with Crippen LogP contribution in [0.4, 0.5) is 11.5 Å². The molecular weight excluding hydrogens is 394 g/mol. The van der Waals surface area contributed by atoms with E-state index in [4.69, 9.17) is 0 Å². The van der Waals surface area contributed by atoms with Gasteiger partial charge in [0.25, 0.3) is 5.56 Å². The van der Waals surface area contributed by atoms with E-state index in [1.807, 2.05) is 67.2 Å². The minimum atomic E-state index is -0.121. The average Bonchev–Trinajstić information content (AvgIpc) is 3.31. The van der Waals surface area contributed by atoms with Crippen molar-refractivity contribution in [2.45, 2.75) is 6.92 Å². The van der Waals surface area contributed by atoms with E-state index in [1.165, 1.54) is 6.33 Å². The number of fused-ring (bicyclic) bond motifs is 1. The number of thiophene rings is 1. The normalized spacial score (nSPS) is 11.1. The van der Waals surface area contributed by atoms with Crippen LogP contribution in [0.2, 0.25) is 0 Å². The number of benzene rings is 2. The molecule has 0 fully saturated rings. The lowest BCUT2D eigenvalue weighted by molar-refractivity contribution is 0.630. The molecule has 30 heavy (non-hydrogen) atoms. The summed E-state index contributed by atoms with van der Waals surface area (Å²) in [6.07, 6.45) is 1.53. The first-order valence-electron chi connectivity index (χ1n) is 9.54. The van der Waals surface area contributed by atoms with Crippen molar-refractivity contribution in [3.8, 4) is 16.8 Å². The minimum absolute atomic E-state index is 0.121. The van der Waals surface area contributed by atoms with Gasteiger partial charge in [-0.3, -0.25) is 9.48 Å². The Labute approximate surface area is 177 Å². The minimum Gasteiger partial charge on any atom is -0.334 e. The highest BCUT2D eigenvalue weighted by molar-refractivity contribution is 7.17. The van der Waals surface area contributed by atoms with Crippen molar-refractivity contribution in [3.63, 3.8) is 0 Å². The summed E-state index contributed by atoms with van der Waals surface area (Å²) < 4.78 is 3.51. The molecule has 0 spiro atoms. The molecule has 5 rings (SSSR count). The molecule has 148 valence electrons. The van der Waals surface area contributed by atoms with Gasteiger partial charge in [0.1, 0.15) is 22.7 Å². The van der Waals surface area contributed by atoms with Crippen LogP contribution in [0.15, 0.2) is 77.2 Å². The molecule has 0 bridgehead atoms. The molecule has 6 nitrogen and oxygen atoms in total. The molecule has 5 aromatic rings. The van der Waals surface area contributed by atoms with Crippen LogP contribution in [-0.4, -0.2) is 19.3 Å². The van der Waals surface area contributed by atoms with Crippen molar-refractivity contribution in [1.82, 2.24) is 19.3 Å². The van der Waals surface area contributed by atoms with Crippen molar-refractivity contribution < 1.29 is 0 Å². The molecule has 0 saturated heterocycles. The number of nitrogens with one attached hydrogen (secondary N) is 1. The van der Waals surface area contributed by atoms with E-state index in [-0.39, 0.29) is 5.56 Å². The molecule has 0 saturated carbocycles. The Bertz CT molecular complexity index is 1400. The molecule has 0 radical (unpaired) electrons. The zero-order valence-electron chi connectivity index (χ0n) is 16.5. The molecule has 2 aromatic carbocycles. The molecule has 7 heteroatoms. The Morgan fingerprint density at radius 3 is 2.40 bits per heavy atom. The number of hydrogen-bond donors (Lipinski definition) is 1. The number of anilines is 2. The summed E-state index contributed by atoms with van der Waals surface area (Å²) in [5.74, 6) is 0.631. The van der Waals surface area contributed by atoms with Crippen LogP contribution in [0, 0.1) is 6.92 Å². The molecule has 3 aromatic heterocycles. The van der Waals surface area contributed by atoms with Crippen molar-refractivity contribution in [2.24, 2.45) is 7.05 Å². The summed E-state index contributed by atoms with van der Waals surface area (Å²) in [5, 5.41) is 6.31. The number of nitrogens with zero attached hydrogens (tertiary/aromatic N) is 4. The van der Waals surface area contributed by atoms with Gasteiger partial charge < -0.3 is 5.32 Å². The van der Waals surface area contributed by atoms with Gasteiger partial charge >= 0.3 is 0 Å². The third-order valence-electron chi connectivity index (χ3n) is 5.25. The molecule has 0 atom stereocenters. The second-order valence-corrected chi connectivity index (χ2v) is 7.84. The Morgan fingerprint density at radius 2 is 1.67 bits per heavy atom. The Hall–Kier alpha value is -3.71. The summed E-state index contributed by atoms with van der Waals surface area (Å²) in [6, 6.07) is 19.7. The summed E-state index contributed by atoms with van der Waals surface area (Å²) in [5.41, 5.74) is 4.17. The lowest BCUT2D eigenvalue weighted by Gasteiger charge is -2.08. The predicted octanol–water partition coefficient (Wildman–Crippen LogP) is 4.90.